The topological polar surface area (TPSA) is 91.7 Å². The third-order valence-corrected chi connectivity index (χ3v) is 3.07. The Bertz CT molecular complexity index is 604. The van der Waals surface area contributed by atoms with E-state index in [1.807, 2.05) is 18.2 Å². The number of rotatable bonds is 7. The third kappa shape index (κ3) is 5.06. The quantitative estimate of drug-likeness (QED) is 0.730. The van der Waals surface area contributed by atoms with Crippen LogP contribution in [-0.2, 0) is 6.61 Å². The van der Waals surface area contributed by atoms with Crippen LogP contribution < -0.4 is 10.1 Å². The number of aliphatic hydroxyl groups is 1. The minimum Gasteiger partial charge on any atom is -0.489 e. The van der Waals surface area contributed by atoms with E-state index in [0.717, 1.165) is 5.56 Å². The minimum atomic E-state index is -1.10. The Kier molecular flexibility index (Phi) is 5.73. The van der Waals surface area contributed by atoms with Crippen molar-refractivity contribution in [2.75, 3.05) is 6.54 Å². The van der Waals surface area contributed by atoms with Crippen molar-refractivity contribution in [2.45, 2.75) is 19.1 Å². The zero-order chi connectivity index (χ0) is 15.8. The maximum atomic E-state index is 10.4. The van der Waals surface area contributed by atoms with E-state index < -0.39 is 12.2 Å². The smallest absolute Gasteiger partial charge is 0.404 e. The van der Waals surface area contributed by atoms with Crippen LogP contribution in [0.15, 0.2) is 48.8 Å². The van der Waals surface area contributed by atoms with Gasteiger partial charge in [-0.3, -0.25) is 4.98 Å². The van der Waals surface area contributed by atoms with Crippen molar-refractivity contribution in [3.05, 3.63) is 59.9 Å². The molecule has 6 nitrogen and oxygen atoms in total. The molecule has 1 heterocycles. The first kappa shape index (κ1) is 15.8. The van der Waals surface area contributed by atoms with Crippen LogP contribution in [-0.4, -0.2) is 27.8 Å². The van der Waals surface area contributed by atoms with Crippen LogP contribution in [0.1, 0.15) is 23.7 Å². The lowest BCUT2D eigenvalue weighted by molar-refractivity contribution is 0.161. The van der Waals surface area contributed by atoms with Gasteiger partial charge in [-0.05, 0) is 30.2 Å². The number of hydrogen-bond donors (Lipinski definition) is 3. The normalized spacial score (nSPS) is 11.7. The molecule has 0 saturated heterocycles. The highest BCUT2D eigenvalue weighted by atomic mass is 16.5. The predicted molar refractivity (Wildman–Crippen MR) is 80.6 cm³/mol. The molecule has 0 aliphatic rings. The number of ether oxygens (including phenoxy) is 1. The van der Waals surface area contributed by atoms with Crippen molar-refractivity contribution >= 4 is 6.09 Å². The maximum absolute atomic E-state index is 10.4. The Morgan fingerprint density at radius 1 is 1.32 bits per heavy atom. The molecular formula is C16H18N2O4. The van der Waals surface area contributed by atoms with Crippen LogP contribution in [0.4, 0.5) is 4.79 Å². The maximum Gasteiger partial charge on any atom is 0.404 e. The van der Waals surface area contributed by atoms with E-state index in [1.54, 1.807) is 30.6 Å². The summed E-state index contributed by atoms with van der Waals surface area (Å²) in [6.45, 7) is 0.589. The summed E-state index contributed by atoms with van der Waals surface area (Å²) in [7, 11) is 0. The van der Waals surface area contributed by atoms with Crippen LogP contribution >= 0.6 is 0 Å². The van der Waals surface area contributed by atoms with Crippen molar-refractivity contribution in [1.29, 1.82) is 0 Å². The molecule has 2 aromatic rings. The molecule has 1 aromatic carbocycles. The zero-order valence-corrected chi connectivity index (χ0v) is 12.0. The number of amides is 1. The van der Waals surface area contributed by atoms with Crippen LogP contribution in [0, 0.1) is 0 Å². The monoisotopic (exact) mass is 302 g/mol. The summed E-state index contributed by atoms with van der Waals surface area (Å²) in [4.78, 5) is 14.4. The van der Waals surface area contributed by atoms with E-state index in [2.05, 4.69) is 10.3 Å². The van der Waals surface area contributed by atoms with E-state index in [-0.39, 0.29) is 6.54 Å². The predicted octanol–water partition coefficient (Wildman–Crippen LogP) is 2.35. The fourth-order valence-electron chi connectivity index (χ4n) is 1.94. The zero-order valence-electron chi connectivity index (χ0n) is 12.0. The summed E-state index contributed by atoms with van der Waals surface area (Å²) in [6, 6.07) is 10.9. The molecule has 0 aliphatic heterocycles. The van der Waals surface area contributed by atoms with Gasteiger partial charge in [0, 0.05) is 24.5 Å². The average molecular weight is 302 g/mol. The summed E-state index contributed by atoms with van der Waals surface area (Å²) >= 11 is 0. The fourth-order valence-corrected chi connectivity index (χ4v) is 1.94. The molecule has 22 heavy (non-hydrogen) atoms. The number of nitrogens with one attached hydrogen (secondary N) is 1. The summed E-state index contributed by atoms with van der Waals surface area (Å²) < 4.78 is 5.66. The van der Waals surface area contributed by atoms with Crippen LogP contribution in [0.2, 0.25) is 0 Å². The van der Waals surface area contributed by atoms with Gasteiger partial charge in [0.1, 0.15) is 12.4 Å². The Morgan fingerprint density at radius 3 is 2.91 bits per heavy atom. The first-order valence-electron chi connectivity index (χ1n) is 6.91. The van der Waals surface area contributed by atoms with Crippen molar-refractivity contribution in [3.8, 4) is 5.75 Å². The largest absolute Gasteiger partial charge is 0.489 e. The molecule has 116 valence electrons. The average Bonchev–Trinajstić information content (AvgIpc) is 2.54. The summed E-state index contributed by atoms with van der Waals surface area (Å²) in [6.07, 6.45) is 1.90. The third-order valence-electron chi connectivity index (χ3n) is 3.07. The second kappa shape index (κ2) is 7.99. The molecule has 0 radical (unpaired) electrons. The van der Waals surface area contributed by atoms with E-state index in [4.69, 9.17) is 9.84 Å². The van der Waals surface area contributed by atoms with Gasteiger partial charge in [-0.25, -0.2) is 4.79 Å². The van der Waals surface area contributed by atoms with Crippen LogP contribution in [0.25, 0.3) is 0 Å². The van der Waals surface area contributed by atoms with E-state index in [1.165, 1.54) is 0 Å². The van der Waals surface area contributed by atoms with Gasteiger partial charge >= 0.3 is 6.09 Å². The summed E-state index contributed by atoms with van der Waals surface area (Å²) in [5, 5.41) is 20.8. The van der Waals surface area contributed by atoms with Crippen molar-refractivity contribution in [2.24, 2.45) is 0 Å². The second-order valence-electron chi connectivity index (χ2n) is 4.76. The van der Waals surface area contributed by atoms with E-state index in [0.29, 0.717) is 24.3 Å². The van der Waals surface area contributed by atoms with Gasteiger partial charge in [0.2, 0.25) is 0 Å². The van der Waals surface area contributed by atoms with Gasteiger partial charge < -0.3 is 20.3 Å². The Morgan fingerprint density at radius 2 is 2.18 bits per heavy atom. The summed E-state index contributed by atoms with van der Waals surface area (Å²) in [5.74, 6) is 0.645. The molecule has 1 unspecified atom stereocenters. The highest BCUT2D eigenvalue weighted by Gasteiger charge is 2.09. The molecule has 2 rings (SSSR count). The van der Waals surface area contributed by atoms with Gasteiger partial charge in [-0.1, -0.05) is 18.2 Å². The molecule has 0 fully saturated rings. The number of carbonyl (C=O) groups is 1. The number of aromatic nitrogens is 1. The fraction of sp³-hybridized carbons (Fsp3) is 0.250. The molecule has 6 heteroatoms. The molecule has 0 aliphatic carbocycles. The van der Waals surface area contributed by atoms with Crippen molar-refractivity contribution < 1.29 is 19.7 Å². The lowest BCUT2D eigenvalue weighted by Crippen LogP contribution is -2.23. The Labute approximate surface area is 128 Å². The van der Waals surface area contributed by atoms with Gasteiger partial charge in [0.05, 0.1) is 6.10 Å². The molecule has 3 N–H and O–H groups in total. The number of hydrogen-bond acceptors (Lipinski definition) is 4. The standard InChI is InChI=1S/C16H18N2O4/c19-15(6-8-18-16(20)21)13-4-1-5-14(9-13)22-11-12-3-2-7-17-10-12/h1-5,7,9-10,15,18-19H,6,8,11H2,(H,20,21). The van der Waals surface area contributed by atoms with Crippen molar-refractivity contribution in [1.82, 2.24) is 10.3 Å². The highest BCUT2D eigenvalue weighted by Crippen LogP contribution is 2.22. The molecule has 0 saturated carbocycles. The van der Waals surface area contributed by atoms with Gasteiger partial charge in [-0.15, -0.1) is 0 Å². The Balaban J connectivity index is 1.90. The number of nitrogens with zero attached hydrogens (tertiary/aromatic N) is 1. The molecule has 0 spiro atoms. The number of aliphatic hydroxyl groups excluding tert-OH is 1. The molecule has 1 atom stereocenters. The Hall–Kier alpha value is -2.60. The number of benzene rings is 1. The minimum absolute atomic E-state index is 0.192. The first-order valence-corrected chi connectivity index (χ1v) is 6.91. The molecule has 1 aromatic heterocycles. The summed E-state index contributed by atoms with van der Waals surface area (Å²) in [5.41, 5.74) is 1.65. The number of pyridine rings is 1. The van der Waals surface area contributed by atoms with Gasteiger partial charge in [0.15, 0.2) is 0 Å². The highest BCUT2D eigenvalue weighted by molar-refractivity contribution is 5.64. The number of carboxylic acid groups (broad SMARTS) is 1. The SMILES string of the molecule is O=C(O)NCCC(O)c1cccc(OCc2cccnc2)c1. The first-order chi connectivity index (χ1) is 10.6. The lowest BCUT2D eigenvalue weighted by atomic mass is 10.1. The van der Waals surface area contributed by atoms with Gasteiger partial charge in [0.25, 0.3) is 0 Å². The second-order valence-corrected chi connectivity index (χ2v) is 4.76. The van der Waals surface area contributed by atoms with E-state index >= 15 is 0 Å². The van der Waals surface area contributed by atoms with Crippen molar-refractivity contribution in [3.63, 3.8) is 0 Å². The molecular weight excluding hydrogens is 284 g/mol. The van der Waals surface area contributed by atoms with Crippen LogP contribution in [0.3, 0.4) is 0 Å². The van der Waals surface area contributed by atoms with Gasteiger partial charge in [-0.2, -0.15) is 0 Å². The molecule has 1 amide bonds. The molecule has 0 bridgehead atoms. The van der Waals surface area contributed by atoms with Crippen LogP contribution in [0.5, 0.6) is 5.75 Å². The van der Waals surface area contributed by atoms with E-state index in [9.17, 15) is 9.90 Å². The lowest BCUT2D eigenvalue weighted by Gasteiger charge is -2.13.